The van der Waals surface area contributed by atoms with Gasteiger partial charge in [-0.25, -0.2) is 4.68 Å². The van der Waals surface area contributed by atoms with Crippen molar-refractivity contribution in [2.75, 3.05) is 6.61 Å². The summed E-state index contributed by atoms with van der Waals surface area (Å²) in [5.74, 6) is 1.35. The Hall–Kier alpha value is -2.28. The van der Waals surface area contributed by atoms with Crippen LogP contribution in [0.5, 0.6) is 5.75 Å². The van der Waals surface area contributed by atoms with E-state index < -0.39 is 0 Å². The fourth-order valence-corrected chi connectivity index (χ4v) is 1.79. The summed E-state index contributed by atoms with van der Waals surface area (Å²) >= 11 is 0. The molecule has 0 amide bonds. The first-order valence-electron chi connectivity index (χ1n) is 6.04. The SMILES string of the molecule is N#Cc1cc(-n2cccn2)ccc1OCC1CC1. The van der Waals surface area contributed by atoms with E-state index in [1.165, 1.54) is 12.8 Å². The Bertz CT molecular complexity index is 580. The van der Waals surface area contributed by atoms with Crippen LogP contribution < -0.4 is 4.74 Å². The minimum absolute atomic E-state index is 0.559. The summed E-state index contributed by atoms with van der Waals surface area (Å²) in [6.07, 6.45) is 6.05. The highest BCUT2D eigenvalue weighted by atomic mass is 16.5. The Morgan fingerprint density at radius 1 is 1.44 bits per heavy atom. The molecule has 0 bridgehead atoms. The van der Waals surface area contributed by atoms with Crippen LogP contribution in [0.4, 0.5) is 0 Å². The summed E-state index contributed by atoms with van der Waals surface area (Å²) in [6, 6.07) is 9.59. The number of aromatic nitrogens is 2. The maximum Gasteiger partial charge on any atom is 0.137 e. The van der Waals surface area contributed by atoms with Gasteiger partial charge < -0.3 is 4.74 Å². The molecule has 4 nitrogen and oxygen atoms in total. The molecule has 18 heavy (non-hydrogen) atoms. The van der Waals surface area contributed by atoms with Crippen molar-refractivity contribution in [3.05, 3.63) is 42.2 Å². The van der Waals surface area contributed by atoms with Crippen LogP contribution in [-0.2, 0) is 0 Å². The first kappa shape index (κ1) is 10.8. The van der Waals surface area contributed by atoms with E-state index in [0.717, 1.165) is 12.3 Å². The van der Waals surface area contributed by atoms with Crippen LogP contribution in [0, 0.1) is 17.2 Å². The average molecular weight is 239 g/mol. The van der Waals surface area contributed by atoms with Crippen LogP contribution in [0.25, 0.3) is 5.69 Å². The maximum absolute atomic E-state index is 9.16. The van der Waals surface area contributed by atoms with Gasteiger partial charge in [0.05, 0.1) is 17.9 Å². The van der Waals surface area contributed by atoms with E-state index in [4.69, 9.17) is 10.00 Å². The van der Waals surface area contributed by atoms with Gasteiger partial charge in [-0.3, -0.25) is 0 Å². The van der Waals surface area contributed by atoms with E-state index in [-0.39, 0.29) is 0 Å². The summed E-state index contributed by atoms with van der Waals surface area (Å²) in [6.45, 7) is 0.718. The van der Waals surface area contributed by atoms with Crippen molar-refractivity contribution in [1.82, 2.24) is 9.78 Å². The van der Waals surface area contributed by atoms with Gasteiger partial charge in [-0.15, -0.1) is 0 Å². The number of hydrogen-bond acceptors (Lipinski definition) is 3. The summed E-state index contributed by atoms with van der Waals surface area (Å²) in [7, 11) is 0. The lowest BCUT2D eigenvalue weighted by atomic mass is 10.2. The van der Waals surface area contributed by atoms with Crippen molar-refractivity contribution in [3.8, 4) is 17.5 Å². The topological polar surface area (TPSA) is 50.8 Å². The molecule has 2 aromatic rings. The fraction of sp³-hybridized carbons (Fsp3) is 0.286. The first-order chi connectivity index (χ1) is 8.86. The minimum Gasteiger partial charge on any atom is -0.492 e. The van der Waals surface area contributed by atoms with Gasteiger partial charge in [0.25, 0.3) is 0 Å². The van der Waals surface area contributed by atoms with E-state index in [2.05, 4.69) is 11.2 Å². The average Bonchev–Trinajstić information content (AvgIpc) is 3.08. The normalized spacial score (nSPS) is 14.2. The maximum atomic E-state index is 9.16. The van der Waals surface area contributed by atoms with Crippen molar-refractivity contribution in [1.29, 1.82) is 5.26 Å². The number of rotatable bonds is 4. The van der Waals surface area contributed by atoms with Gasteiger partial charge in [-0.2, -0.15) is 10.4 Å². The lowest BCUT2D eigenvalue weighted by molar-refractivity contribution is 0.299. The van der Waals surface area contributed by atoms with Gasteiger partial charge in [0.15, 0.2) is 0 Å². The Labute approximate surface area is 105 Å². The standard InChI is InChI=1S/C14H13N3O/c15-9-12-8-13(17-7-1-6-16-17)4-5-14(12)18-10-11-2-3-11/h1,4-8,11H,2-3,10H2. The summed E-state index contributed by atoms with van der Waals surface area (Å²) in [5.41, 5.74) is 1.43. The van der Waals surface area contributed by atoms with E-state index in [1.807, 2.05) is 24.4 Å². The van der Waals surface area contributed by atoms with Crippen molar-refractivity contribution in [3.63, 3.8) is 0 Å². The molecule has 0 N–H and O–H groups in total. The van der Waals surface area contributed by atoms with Gasteiger partial charge in [0.1, 0.15) is 11.8 Å². The fourth-order valence-electron chi connectivity index (χ4n) is 1.79. The van der Waals surface area contributed by atoms with Crippen LogP contribution in [0.1, 0.15) is 18.4 Å². The molecule has 1 aromatic carbocycles. The van der Waals surface area contributed by atoms with Crippen LogP contribution in [0.2, 0.25) is 0 Å². The van der Waals surface area contributed by atoms with E-state index >= 15 is 0 Å². The summed E-state index contributed by atoms with van der Waals surface area (Å²) in [5, 5.41) is 13.3. The third kappa shape index (κ3) is 2.21. The molecule has 0 unspecified atom stereocenters. The first-order valence-corrected chi connectivity index (χ1v) is 6.04. The van der Waals surface area contributed by atoms with Crippen molar-refractivity contribution < 1.29 is 4.74 Å². The third-order valence-corrected chi connectivity index (χ3v) is 3.02. The number of benzene rings is 1. The Balaban J connectivity index is 1.85. The Morgan fingerprint density at radius 2 is 2.33 bits per heavy atom. The highest BCUT2D eigenvalue weighted by molar-refractivity contribution is 5.50. The number of hydrogen-bond donors (Lipinski definition) is 0. The number of nitriles is 1. The molecule has 0 aliphatic heterocycles. The Morgan fingerprint density at radius 3 is 3.00 bits per heavy atom. The molecule has 1 aliphatic carbocycles. The van der Waals surface area contributed by atoms with E-state index in [1.54, 1.807) is 16.9 Å². The predicted molar refractivity (Wildman–Crippen MR) is 66.5 cm³/mol. The van der Waals surface area contributed by atoms with Crippen molar-refractivity contribution in [2.24, 2.45) is 5.92 Å². The summed E-state index contributed by atoms with van der Waals surface area (Å²) in [4.78, 5) is 0. The van der Waals surface area contributed by atoms with E-state index in [0.29, 0.717) is 17.2 Å². The van der Waals surface area contributed by atoms with Crippen LogP contribution in [-0.4, -0.2) is 16.4 Å². The molecule has 90 valence electrons. The highest BCUT2D eigenvalue weighted by Gasteiger charge is 2.22. The molecule has 0 radical (unpaired) electrons. The number of nitrogens with zero attached hydrogens (tertiary/aromatic N) is 3. The zero-order valence-electron chi connectivity index (χ0n) is 9.91. The molecule has 1 aromatic heterocycles. The van der Waals surface area contributed by atoms with E-state index in [9.17, 15) is 0 Å². The number of ether oxygens (including phenoxy) is 1. The van der Waals surface area contributed by atoms with Gasteiger partial charge >= 0.3 is 0 Å². The molecule has 1 heterocycles. The minimum atomic E-state index is 0.559. The molecule has 0 atom stereocenters. The zero-order valence-corrected chi connectivity index (χ0v) is 9.91. The second-order valence-corrected chi connectivity index (χ2v) is 4.50. The highest BCUT2D eigenvalue weighted by Crippen LogP contribution is 2.30. The van der Waals surface area contributed by atoms with Gasteiger partial charge in [-0.1, -0.05) is 0 Å². The second-order valence-electron chi connectivity index (χ2n) is 4.50. The lowest BCUT2D eigenvalue weighted by Crippen LogP contribution is -2.02. The quantitative estimate of drug-likeness (QED) is 0.823. The lowest BCUT2D eigenvalue weighted by Gasteiger charge is -2.08. The smallest absolute Gasteiger partial charge is 0.137 e. The molecule has 1 fully saturated rings. The van der Waals surface area contributed by atoms with Crippen molar-refractivity contribution >= 4 is 0 Å². The molecular formula is C14H13N3O. The largest absolute Gasteiger partial charge is 0.492 e. The van der Waals surface area contributed by atoms with Gasteiger partial charge in [-0.05, 0) is 43.0 Å². The molecule has 1 saturated carbocycles. The monoisotopic (exact) mass is 239 g/mol. The van der Waals surface area contributed by atoms with Crippen molar-refractivity contribution in [2.45, 2.75) is 12.8 Å². The molecule has 0 saturated heterocycles. The molecular weight excluding hydrogens is 226 g/mol. The second kappa shape index (κ2) is 4.53. The molecule has 1 aliphatic rings. The van der Waals surface area contributed by atoms with Crippen LogP contribution in [0.3, 0.4) is 0 Å². The van der Waals surface area contributed by atoms with Gasteiger partial charge in [0.2, 0.25) is 0 Å². The van der Waals surface area contributed by atoms with Crippen LogP contribution in [0.15, 0.2) is 36.7 Å². The molecule has 4 heteroatoms. The van der Waals surface area contributed by atoms with Gasteiger partial charge in [0, 0.05) is 12.4 Å². The summed E-state index contributed by atoms with van der Waals surface area (Å²) < 4.78 is 7.40. The van der Waals surface area contributed by atoms with Crippen LogP contribution >= 0.6 is 0 Å². The Kier molecular flexibility index (Phi) is 2.73. The molecule has 0 spiro atoms. The zero-order chi connectivity index (χ0) is 12.4. The molecule has 3 rings (SSSR count). The third-order valence-electron chi connectivity index (χ3n) is 3.02. The predicted octanol–water partition coefficient (Wildman–Crippen LogP) is 2.53.